The molecule has 1 saturated heterocycles. The predicted octanol–water partition coefficient (Wildman–Crippen LogP) is 8.65. The molecule has 1 N–H and O–H groups in total. The van der Waals surface area contributed by atoms with Gasteiger partial charge in [-0.25, -0.2) is 0 Å². The molecule has 1 aromatic carbocycles. The number of amides is 1. The molecule has 11 heteroatoms. The van der Waals surface area contributed by atoms with Gasteiger partial charge in [-0.05, 0) is 104 Å². The standard InChI is InChI=1S/C38H69N5O5Si/c1-28(2)31(24-30-16-17-34(46-9)36(25-30)47-23-15-22-45-8)26-33(41-42-39)35(48-49(10,11)38(5,6)7)27-32(29(3)4)37(44)40-18-21-43-19-13-12-14-20-43/h16-17,25,28-29,31-33,35H,12-15,18-24,26-27H2,1-11H3,(H,40,44)/t31-,32-,33-,35+/m0/s1. The molecule has 1 heterocycles. The van der Waals surface area contributed by atoms with Gasteiger partial charge >= 0.3 is 0 Å². The van der Waals surface area contributed by atoms with Gasteiger partial charge in [-0.3, -0.25) is 4.79 Å². The summed E-state index contributed by atoms with van der Waals surface area (Å²) in [5, 5.41) is 7.64. The number of carbonyl (C=O) groups is 1. The van der Waals surface area contributed by atoms with Crippen molar-refractivity contribution in [2.45, 2.75) is 124 Å². The SMILES string of the molecule is COCCCOc1cc(C[C@@H](C[C@H](N=[N+]=[N-])[C@@H](C[C@H](C(=O)NCCN2CCCCC2)C(C)C)O[Si](C)(C)C(C)(C)C)C(C)C)ccc1OC. The van der Waals surface area contributed by atoms with Crippen LogP contribution in [-0.2, 0) is 20.4 Å². The topological polar surface area (TPSA) is 118 Å². The van der Waals surface area contributed by atoms with Gasteiger partial charge in [-0.15, -0.1) is 0 Å². The summed E-state index contributed by atoms with van der Waals surface area (Å²) in [5.74, 6) is 1.84. The van der Waals surface area contributed by atoms with E-state index in [9.17, 15) is 10.3 Å². The van der Waals surface area contributed by atoms with E-state index in [1.165, 1.54) is 19.3 Å². The summed E-state index contributed by atoms with van der Waals surface area (Å²) < 4.78 is 24.0. The zero-order chi connectivity index (χ0) is 36.6. The van der Waals surface area contributed by atoms with Gasteiger partial charge in [-0.1, -0.05) is 66.1 Å². The van der Waals surface area contributed by atoms with E-state index in [0.29, 0.717) is 44.3 Å². The lowest BCUT2D eigenvalue weighted by atomic mass is 9.80. The van der Waals surface area contributed by atoms with Crippen LogP contribution in [0.5, 0.6) is 11.5 Å². The Morgan fingerprint density at radius 3 is 2.29 bits per heavy atom. The molecule has 0 aromatic heterocycles. The molecule has 1 amide bonds. The average Bonchev–Trinajstić information content (AvgIpc) is 3.04. The molecule has 49 heavy (non-hydrogen) atoms. The number of likely N-dealkylation sites (tertiary alicyclic amines) is 1. The van der Waals surface area contributed by atoms with Crippen LogP contribution in [0.2, 0.25) is 18.1 Å². The van der Waals surface area contributed by atoms with Crippen LogP contribution in [0.4, 0.5) is 0 Å². The van der Waals surface area contributed by atoms with Crippen molar-refractivity contribution in [1.29, 1.82) is 0 Å². The number of nitrogens with one attached hydrogen (secondary N) is 1. The minimum atomic E-state index is -2.29. The zero-order valence-corrected chi connectivity index (χ0v) is 33.7. The normalized spacial score (nSPS) is 16.9. The fraction of sp³-hybridized carbons (Fsp3) is 0.816. The fourth-order valence-corrected chi connectivity index (χ4v) is 7.68. The molecule has 4 atom stereocenters. The highest BCUT2D eigenvalue weighted by atomic mass is 28.4. The summed E-state index contributed by atoms with van der Waals surface area (Å²) in [6, 6.07) is 5.70. The van der Waals surface area contributed by atoms with E-state index in [1.807, 2.05) is 6.07 Å². The first kappa shape index (κ1) is 42.9. The van der Waals surface area contributed by atoms with Gasteiger partial charge in [0.05, 0.1) is 25.9 Å². The maximum atomic E-state index is 13.8. The summed E-state index contributed by atoms with van der Waals surface area (Å²) in [4.78, 5) is 19.6. The van der Waals surface area contributed by atoms with E-state index in [0.717, 1.165) is 43.8 Å². The van der Waals surface area contributed by atoms with Gasteiger partial charge in [0.1, 0.15) is 0 Å². The first-order chi connectivity index (χ1) is 23.1. The third kappa shape index (κ3) is 14.5. The first-order valence-electron chi connectivity index (χ1n) is 18.6. The number of azide groups is 1. The van der Waals surface area contributed by atoms with Crippen molar-refractivity contribution < 1.29 is 23.4 Å². The molecule has 0 saturated carbocycles. The summed E-state index contributed by atoms with van der Waals surface area (Å²) in [5.41, 5.74) is 11.0. The Hall–Kier alpha value is -2.30. The highest BCUT2D eigenvalue weighted by Crippen LogP contribution is 2.40. The fourth-order valence-electron chi connectivity index (χ4n) is 6.31. The molecule has 0 spiro atoms. The molecule has 1 fully saturated rings. The van der Waals surface area contributed by atoms with Crippen molar-refractivity contribution in [2.24, 2.45) is 28.8 Å². The molecule has 1 aromatic rings. The number of hydrogen-bond acceptors (Lipinski definition) is 7. The lowest BCUT2D eigenvalue weighted by molar-refractivity contribution is -0.127. The second-order valence-electron chi connectivity index (χ2n) is 16.1. The van der Waals surface area contributed by atoms with Gasteiger partial charge in [0, 0.05) is 44.1 Å². The predicted molar refractivity (Wildman–Crippen MR) is 203 cm³/mol. The quantitative estimate of drug-likeness (QED) is 0.0425. The van der Waals surface area contributed by atoms with Gasteiger partial charge < -0.3 is 28.9 Å². The Kier molecular flexibility index (Phi) is 18.5. The maximum absolute atomic E-state index is 13.8. The molecule has 0 unspecified atom stereocenters. The second kappa shape index (κ2) is 21.2. The van der Waals surface area contributed by atoms with Crippen LogP contribution < -0.4 is 14.8 Å². The van der Waals surface area contributed by atoms with Crippen molar-refractivity contribution in [2.75, 3.05) is 53.6 Å². The molecule has 2 rings (SSSR count). The van der Waals surface area contributed by atoms with E-state index in [1.54, 1.807) is 14.2 Å². The second-order valence-corrected chi connectivity index (χ2v) is 20.8. The minimum absolute atomic E-state index is 0.0453. The third-order valence-corrected chi connectivity index (χ3v) is 15.2. The molecule has 1 aliphatic heterocycles. The van der Waals surface area contributed by atoms with Crippen molar-refractivity contribution in [3.63, 3.8) is 0 Å². The number of benzene rings is 1. The Balaban J connectivity index is 2.35. The maximum Gasteiger partial charge on any atom is 0.223 e. The van der Waals surface area contributed by atoms with E-state index in [-0.39, 0.29) is 34.8 Å². The molecule has 280 valence electrons. The monoisotopic (exact) mass is 704 g/mol. The van der Waals surface area contributed by atoms with Gasteiger partial charge in [-0.2, -0.15) is 0 Å². The number of nitrogens with zero attached hydrogens (tertiary/aromatic N) is 4. The summed E-state index contributed by atoms with van der Waals surface area (Å²) in [6.07, 6.45) is 6.11. The molecule has 1 aliphatic rings. The Bertz CT molecular complexity index is 1160. The summed E-state index contributed by atoms with van der Waals surface area (Å²) >= 11 is 0. The van der Waals surface area contributed by atoms with E-state index in [4.69, 9.17) is 18.6 Å². The third-order valence-electron chi connectivity index (χ3n) is 10.6. The Labute approximate surface area is 299 Å². The summed E-state index contributed by atoms with van der Waals surface area (Å²) in [6.45, 7) is 24.7. The van der Waals surface area contributed by atoms with E-state index >= 15 is 0 Å². The zero-order valence-electron chi connectivity index (χ0n) is 32.7. The van der Waals surface area contributed by atoms with Crippen LogP contribution in [0.25, 0.3) is 10.4 Å². The molecule has 10 nitrogen and oxygen atoms in total. The van der Waals surface area contributed by atoms with Crippen LogP contribution >= 0.6 is 0 Å². The first-order valence-corrected chi connectivity index (χ1v) is 21.5. The van der Waals surface area contributed by atoms with Crippen molar-refractivity contribution in [3.8, 4) is 11.5 Å². The molecular formula is C38H69N5O5Si. The van der Waals surface area contributed by atoms with E-state index in [2.05, 4.69) is 93.9 Å². The van der Waals surface area contributed by atoms with Crippen LogP contribution in [0.15, 0.2) is 23.3 Å². The number of rotatable bonds is 22. The Morgan fingerprint density at radius 2 is 1.71 bits per heavy atom. The van der Waals surface area contributed by atoms with Crippen LogP contribution in [0.1, 0.15) is 92.6 Å². The van der Waals surface area contributed by atoms with Crippen molar-refractivity contribution >= 4 is 14.2 Å². The highest BCUT2D eigenvalue weighted by Gasteiger charge is 2.42. The van der Waals surface area contributed by atoms with Gasteiger partial charge in [0.25, 0.3) is 0 Å². The van der Waals surface area contributed by atoms with Crippen LogP contribution in [0, 0.1) is 23.7 Å². The average molecular weight is 704 g/mol. The van der Waals surface area contributed by atoms with Crippen LogP contribution in [0.3, 0.4) is 0 Å². The Morgan fingerprint density at radius 1 is 1.02 bits per heavy atom. The smallest absolute Gasteiger partial charge is 0.223 e. The number of piperidine rings is 1. The molecule has 0 aliphatic carbocycles. The molecular weight excluding hydrogens is 635 g/mol. The van der Waals surface area contributed by atoms with Crippen LogP contribution in [-0.4, -0.2) is 84.9 Å². The largest absolute Gasteiger partial charge is 0.493 e. The lowest BCUT2D eigenvalue weighted by Gasteiger charge is -2.42. The van der Waals surface area contributed by atoms with Crippen molar-refractivity contribution in [3.05, 3.63) is 34.2 Å². The van der Waals surface area contributed by atoms with Gasteiger partial charge in [0.2, 0.25) is 5.91 Å². The highest BCUT2D eigenvalue weighted by molar-refractivity contribution is 6.74. The number of methoxy groups -OCH3 is 2. The lowest BCUT2D eigenvalue weighted by Crippen LogP contribution is -2.49. The van der Waals surface area contributed by atoms with Gasteiger partial charge in [0.15, 0.2) is 19.8 Å². The van der Waals surface area contributed by atoms with E-state index < -0.39 is 14.4 Å². The minimum Gasteiger partial charge on any atom is -0.493 e. The number of ether oxygens (including phenoxy) is 3. The summed E-state index contributed by atoms with van der Waals surface area (Å²) in [7, 11) is 1.05. The molecule has 0 radical (unpaired) electrons. The van der Waals surface area contributed by atoms with Crippen molar-refractivity contribution in [1.82, 2.24) is 10.2 Å². The molecule has 0 bridgehead atoms. The number of carbonyl (C=O) groups excluding carboxylic acids is 1. The number of hydrogen-bond donors (Lipinski definition) is 1.